The molecule has 0 bridgehead atoms. The molecule has 0 saturated carbocycles. The van der Waals surface area contributed by atoms with Crippen LogP contribution in [0.1, 0.15) is 22.3 Å². The van der Waals surface area contributed by atoms with Crippen LogP contribution >= 0.6 is 11.6 Å². The average molecular weight is 555 g/mol. The number of benzene rings is 3. The topological polar surface area (TPSA) is 75.7 Å². The Kier molecular flexibility index (Phi) is 8.76. The predicted molar refractivity (Wildman–Crippen MR) is 137 cm³/mol. The molecule has 0 unspecified atom stereocenters. The minimum Gasteiger partial charge on any atom is -0.492 e. The standard InChI is InChI=1S/C26H26ClF3N2O4S/c1-17-4-7-22(8-5-17)37(34,35)32(20-6-9-24(27)23(15-20)26(28,29)30)16-25(33)31-10-11-36-21-13-18(2)12-19(3)14-21/h4-9,12-15H,10-11,16H2,1-3H3,(H,31,33). The number of ether oxygens (including phenoxy) is 1. The first-order chi connectivity index (χ1) is 17.3. The molecule has 0 fully saturated rings. The van der Waals surface area contributed by atoms with Crippen LogP contribution in [0.15, 0.2) is 65.6 Å². The molecule has 0 spiro atoms. The Hall–Kier alpha value is -3.24. The van der Waals surface area contributed by atoms with E-state index in [1.807, 2.05) is 32.0 Å². The van der Waals surface area contributed by atoms with Crippen molar-refractivity contribution in [1.82, 2.24) is 5.32 Å². The molecule has 3 aromatic carbocycles. The van der Waals surface area contributed by atoms with E-state index in [0.29, 0.717) is 16.1 Å². The van der Waals surface area contributed by atoms with Gasteiger partial charge in [0.25, 0.3) is 10.0 Å². The fourth-order valence-electron chi connectivity index (χ4n) is 3.60. The molecule has 0 heterocycles. The van der Waals surface area contributed by atoms with Crippen molar-refractivity contribution in [2.75, 3.05) is 24.0 Å². The maximum Gasteiger partial charge on any atom is 0.417 e. The van der Waals surface area contributed by atoms with Gasteiger partial charge in [0.2, 0.25) is 5.91 Å². The number of sulfonamides is 1. The van der Waals surface area contributed by atoms with Crippen LogP contribution in [0, 0.1) is 20.8 Å². The highest BCUT2D eigenvalue weighted by Crippen LogP contribution is 2.38. The number of nitrogens with one attached hydrogen (secondary N) is 1. The van der Waals surface area contributed by atoms with Crippen LogP contribution in [-0.4, -0.2) is 34.0 Å². The van der Waals surface area contributed by atoms with Crippen LogP contribution in [0.5, 0.6) is 5.75 Å². The first kappa shape index (κ1) is 28.3. The largest absolute Gasteiger partial charge is 0.492 e. The second-order valence-electron chi connectivity index (χ2n) is 8.51. The third-order valence-corrected chi connectivity index (χ3v) is 7.45. The highest BCUT2D eigenvalue weighted by Gasteiger charge is 2.35. The van der Waals surface area contributed by atoms with E-state index in [9.17, 15) is 26.4 Å². The van der Waals surface area contributed by atoms with Gasteiger partial charge in [-0.05, 0) is 74.4 Å². The van der Waals surface area contributed by atoms with Gasteiger partial charge in [-0.2, -0.15) is 13.2 Å². The molecule has 1 amide bonds. The van der Waals surface area contributed by atoms with Crippen LogP contribution in [-0.2, 0) is 21.0 Å². The molecule has 1 N–H and O–H groups in total. The summed E-state index contributed by atoms with van der Waals surface area (Å²) >= 11 is 5.71. The Bertz CT molecular complexity index is 1360. The highest BCUT2D eigenvalue weighted by atomic mass is 35.5. The number of halogens is 4. The quantitative estimate of drug-likeness (QED) is 0.346. The average Bonchev–Trinajstić information content (AvgIpc) is 2.79. The summed E-state index contributed by atoms with van der Waals surface area (Å²) in [4.78, 5) is 12.5. The maximum absolute atomic E-state index is 13.5. The summed E-state index contributed by atoms with van der Waals surface area (Å²) in [5, 5.41) is 1.97. The van der Waals surface area contributed by atoms with Gasteiger partial charge < -0.3 is 10.1 Å². The minimum absolute atomic E-state index is 0.0542. The van der Waals surface area contributed by atoms with Gasteiger partial charge >= 0.3 is 6.18 Å². The molecule has 6 nitrogen and oxygen atoms in total. The lowest BCUT2D eigenvalue weighted by atomic mass is 10.1. The van der Waals surface area contributed by atoms with Crippen molar-refractivity contribution in [1.29, 1.82) is 0 Å². The molecule has 0 radical (unpaired) electrons. The number of hydrogen-bond donors (Lipinski definition) is 1. The number of aryl methyl sites for hydroxylation is 3. The van der Waals surface area contributed by atoms with Gasteiger partial charge in [0.1, 0.15) is 18.9 Å². The SMILES string of the molecule is Cc1ccc(S(=O)(=O)N(CC(=O)NCCOc2cc(C)cc(C)c2)c2ccc(Cl)c(C(F)(F)F)c2)cc1. The van der Waals surface area contributed by atoms with Crippen LogP contribution in [0.25, 0.3) is 0 Å². The van der Waals surface area contributed by atoms with Crippen molar-refractivity contribution in [3.05, 3.63) is 87.9 Å². The van der Waals surface area contributed by atoms with Crippen LogP contribution < -0.4 is 14.4 Å². The van der Waals surface area contributed by atoms with Crippen molar-refractivity contribution in [3.8, 4) is 5.75 Å². The fourth-order valence-corrected chi connectivity index (χ4v) is 5.24. The fraction of sp³-hybridized carbons (Fsp3) is 0.269. The van der Waals surface area contributed by atoms with E-state index in [0.717, 1.165) is 28.8 Å². The van der Waals surface area contributed by atoms with Crippen molar-refractivity contribution < 1.29 is 31.1 Å². The smallest absolute Gasteiger partial charge is 0.417 e. The number of alkyl halides is 3. The Morgan fingerprint density at radius 2 is 1.57 bits per heavy atom. The van der Waals surface area contributed by atoms with E-state index in [1.54, 1.807) is 19.1 Å². The van der Waals surface area contributed by atoms with E-state index < -0.39 is 39.2 Å². The summed E-state index contributed by atoms with van der Waals surface area (Å²) in [6, 6.07) is 14.1. The predicted octanol–water partition coefficient (Wildman–Crippen LogP) is 5.67. The molecular weight excluding hydrogens is 529 g/mol. The van der Waals surface area contributed by atoms with Crippen molar-refractivity contribution in [2.45, 2.75) is 31.8 Å². The summed E-state index contributed by atoms with van der Waals surface area (Å²) in [6.07, 6.45) is -4.82. The van der Waals surface area contributed by atoms with Gasteiger partial charge in [-0.15, -0.1) is 0 Å². The first-order valence-electron chi connectivity index (χ1n) is 11.2. The van der Waals surface area contributed by atoms with E-state index in [2.05, 4.69) is 5.32 Å². The Labute approximate surface area is 219 Å². The van der Waals surface area contributed by atoms with Crippen LogP contribution in [0.2, 0.25) is 5.02 Å². The summed E-state index contributed by atoms with van der Waals surface area (Å²) in [6.45, 7) is 5.02. The van der Waals surface area contributed by atoms with Crippen LogP contribution in [0.4, 0.5) is 18.9 Å². The molecule has 198 valence electrons. The zero-order valence-corrected chi connectivity index (χ0v) is 22.0. The molecule has 11 heteroatoms. The van der Waals surface area contributed by atoms with E-state index in [1.165, 1.54) is 12.1 Å². The first-order valence-corrected chi connectivity index (χ1v) is 13.0. The highest BCUT2D eigenvalue weighted by molar-refractivity contribution is 7.92. The lowest BCUT2D eigenvalue weighted by molar-refractivity contribution is -0.137. The van der Waals surface area contributed by atoms with E-state index in [-0.39, 0.29) is 23.7 Å². The van der Waals surface area contributed by atoms with Gasteiger partial charge in [0, 0.05) is 0 Å². The zero-order chi connectivity index (χ0) is 27.4. The third kappa shape index (κ3) is 7.39. The summed E-state index contributed by atoms with van der Waals surface area (Å²) < 4.78 is 73.5. The molecule has 0 aromatic heterocycles. The van der Waals surface area contributed by atoms with Crippen molar-refractivity contribution in [3.63, 3.8) is 0 Å². The normalized spacial score (nSPS) is 11.8. The minimum atomic E-state index is -4.82. The molecule has 0 aliphatic rings. The third-order valence-electron chi connectivity index (χ3n) is 5.33. The summed E-state index contributed by atoms with van der Waals surface area (Å²) in [5.41, 5.74) is 1.25. The Morgan fingerprint density at radius 1 is 0.946 bits per heavy atom. The molecule has 3 rings (SSSR count). The number of hydrogen-bond acceptors (Lipinski definition) is 4. The monoisotopic (exact) mass is 554 g/mol. The number of nitrogens with zero attached hydrogens (tertiary/aromatic N) is 1. The number of carbonyl (C=O) groups excluding carboxylic acids is 1. The van der Waals surface area contributed by atoms with Gasteiger partial charge in [-0.1, -0.05) is 35.4 Å². The molecular formula is C26H26ClF3N2O4S. The van der Waals surface area contributed by atoms with Crippen LogP contribution in [0.3, 0.4) is 0 Å². The molecule has 0 saturated heterocycles. The molecule has 37 heavy (non-hydrogen) atoms. The van der Waals surface area contributed by atoms with E-state index >= 15 is 0 Å². The number of anilines is 1. The van der Waals surface area contributed by atoms with Crippen molar-refractivity contribution >= 4 is 33.2 Å². The lowest BCUT2D eigenvalue weighted by Crippen LogP contribution is -2.42. The van der Waals surface area contributed by atoms with Crippen molar-refractivity contribution in [2.24, 2.45) is 0 Å². The number of amides is 1. The Morgan fingerprint density at radius 3 is 2.16 bits per heavy atom. The molecule has 0 aliphatic heterocycles. The second-order valence-corrected chi connectivity index (χ2v) is 10.8. The molecule has 0 aliphatic carbocycles. The molecule has 0 atom stereocenters. The van der Waals surface area contributed by atoms with Gasteiger partial charge in [-0.25, -0.2) is 8.42 Å². The summed E-state index contributed by atoms with van der Waals surface area (Å²) in [5.74, 6) is -0.0978. The van der Waals surface area contributed by atoms with Gasteiger partial charge in [0.15, 0.2) is 0 Å². The van der Waals surface area contributed by atoms with Gasteiger partial charge in [0.05, 0.1) is 27.7 Å². The van der Waals surface area contributed by atoms with E-state index in [4.69, 9.17) is 16.3 Å². The summed E-state index contributed by atoms with van der Waals surface area (Å²) in [7, 11) is -4.39. The number of rotatable bonds is 9. The maximum atomic E-state index is 13.5. The zero-order valence-electron chi connectivity index (χ0n) is 20.4. The lowest BCUT2D eigenvalue weighted by Gasteiger charge is -2.25. The Balaban J connectivity index is 1.82. The second kappa shape index (κ2) is 11.4. The van der Waals surface area contributed by atoms with Gasteiger partial charge in [-0.3, -0.25) is 9.10 Å². The number of carbonyl (C=O) groups is 1. The molecule has 3 aromatic rings.